The van der Waals surface area contributed by atoms with Gasteiger partial charge in [-0.25, -0.2) is 0 Å². The molecule has 0 radical (unpaired) electrons. The number of rotatable bonds is 3. The SMILES string of the molecule is CNCC=Cc1cc(Cl)c[nH]c1=O. The maximum Gasteiger partial charge on any atom is 0.255 e. The molecule has 1 aromatic rings. The van der Waals surface area contributed by atoms with Crippen molar-refractivity contribution in [1.29, 1.82) is 0 Å². The Hall–Kier alpha value is -1.06. The molecule has 0 atom stereocenters. The van der Waals surface area contributed by atoms with Gasteiger partial charge in [0, 0.05) is 18.3 Å². The number of aromatic amines is 1. The van der Waals surface area contributed by atoms with Crippen molar-refractivity contribution in [2.45, 2.75) is 0 Å². The lowest BCUT2D eigenvalue weighted by Crippen LogP contribution is -2.08. The summed E-state index contributed by atoms with van der Waals surface area (Å²) in [7, 11) is 1.84. The number of aromatic nitrogens is 1. The van der Waals surface area contributed by atoms with E-state index in [-0.39, 0.29) is 5.56 Å². The summed E-state index contributed by atoms with van der Waals surface area (Å²) in [6.45, 7) is 0.728. The largest absolute Gasteiger partial charge is 0.327 e. The van der Waals surface area contributed by atoms with Gasteiger partial charge in [-0.05, 0) is 13.1 Å². The van der Waals surface area contributed by atoms with E-state index in [0.29, 0.717) is 10.6 Å². The molecule has 0 aromatic carbocycles. The first kappa shape index (κ1) is 10.0. The minimum Gasteiger partial charge on any atom is -0.327 e. The van der Waals surface area contributed by atoms with E-state index in [1.165, 1.54) is 6.20 Å². The summed E-state index contributed by atoms with van der Waals surface area (Å²) in [5.41, 5.74) is 0.444. The minimum absolute atomic E-state index is 0.128. The first-order valence-corrected chi connectivity index (χ1v) is 4.31. The number of hydrogen-bond donors (Lipinski definition) is 2. The molecule has 0 saturated heterocycles. The number of pyridine rings is 1. The van der Waals surface area contributed by atoms with Gasteiger partial charge in [-0.3, -0.25) is 4.79 Å². The molecule has 1 rings (SSSR count). The van der Waals surface area contributed by atoms with Gasteiger partial charge < -0.3 is 10.3 Å². The van der Waals surface area contributed by atoms with Crippen LogP contribution in [0, 0.1) is 0 Å². The Bertz CT molecular complexity index is 357. The van der Waals surface area contributed by atoms with Gasteiger partial charge in [-0.1, -0.05) is 23.8 Å². The van der Waals surface area contributed by atoms with Gasteiger partial charge in [0.25, 0.3) is 5.56 Å². The lowest BCUT2D eigenvalue weighted by atomic mass is 10.2. The lowest BCUT2D eigenvalue weighted by Gasteiger charge is -1.93. The summed E-state index contributed by atoms with van der Waals surface area (Å²) >= 11 is 5.71. The zero-order valence-corrected chi connectivity index (χ0v) is 8.06. The van der Waals surface area contributed by atoms with Crippen LogP contribution in [0.5, 0.6) is 0 Å². The summed E-state index contributed by atoms with van der Waals surface area (Å²) in [5, 5.41) is 3.47. The first-order chi connectivity index (χ1) is 6.24. The molecule has 4 heteroatoms. The normalized spacial score (nSPS) is 10.9. The van der Waals surface area contributed by atoms with Gasteiger partial charge in [0.15, 0.2) is 0 Å². The molecule has 3 nitrogen and oxygen atoms in total. The predicted molar refractivity (Wildman–Crippen MR) is 55.0 cm³/mol. The molecular weight excluding hydrogens is 188 g/mol. The highest BCUT2D eigenvalue weighted by molar-refractivity contribution is 6.30. The summed E-state index contributed by atoms with van der Waals surface area (Å²) in [5.74, 6) is 0. The third-order valence-electron chi connectivity index (χ3n) is 1.52. The molecule has 0 saturated carbocycles. The Morgan fingerprint density at radius 1 is 1.69 bits per heavy atom. The zero-order valence-electron chi connectivity index (χ0n) is 7.30. The zero-order chi connectivity index (χ0) is 9.68. The quantitative estimate of drug-likeness (QED) is 0.768. The van der Waals surface area contributed by atoms with Crippen molar-refractivity contribution in [1.82, 2.24) is 10.3 Å². The van der Waals surface area contributed by atoms with Crippen LogP contribution in [0.4, 0.5) is 0 Å². The maximum atomic E-state index is 11.2. The van der Waals surface area contributed by atoms with E-state index < -0.39 is 0 Å². The van der Waals surface area contributed by atoms with Gasteiger partial charge in [0.2, 0.25) is 0 Å². The highest BCUT2D eigenvalue weighted by Gasteiger charge is 1.94. The van der Waals surface area contributed by atoms with E-state index in [4.69, 9.17) is 11.6 Å². The molecule has 13 heavy (non-hydrogen) atoms. The first-order valence-electron chi connectivity index (χ1n) is 3.93. The molecular formula is C9H11ClN2O. The van der Waals surface area contributed by atoms with E-state index in [0.717, 1.165) is 6.54 Å². The molecule has 0 aliphatic carbocycles. The van der Waals surface area contributed by atoms with Gasteiger partial charge >= 0.3 is 0 Å². The van der Waals surface area contributed by atoms with Gasteiger partial charge in [-0.2, -0.15) is 0 Å². The van der Waals surface area contributed by atoms with Gasteiger partial charge in [0.1, 0.15) is 0 Å². The number of nitrogens with one attached hydrogen (secondary N) is 2. The van der Waals surface area contributed by atoms with E-state index in [9.17, 15) is 4.79 Å². The monoisotopic (exact) mass is 198 g/mol. The Kier molecular flexibility index (Phi) is 3.73. The van der Waals surface area contributed by atoms with Crippen LogP contribution >= 0.6 is 11.6 Å². The van der Waals surface area contributed by atoms with Crippen LogP contribution in [-0.2, 0) is 0 Å². The third-order valence-corrected chi connectivity index (χ3v) is 1.73. The van der Waals surface area contributed by atoms with Crippen LogP contribution < -0.4 is 10.9 Å². The van der Waals surface area contributed by atoms with Crippen LogP contribution in [0.15, 0.2) is 23.1 Å². The Labute approximate surface area is 81.4 Å². The molecule has 0 fully saturated rings. The summed E-state index contributed by atoms with van der Waals surface area (Å²) < 4.78 is 0. The van der Waals surface area contributed by atoms with Crippen molar-refractivity contribution >= 4 is 17.7 Å². The van der Waals surface area contributed by atoms with Gasteiger partial charge in [0.05, 0.1) is 5.02 Å². The Morgan fingerprint density at radius 2 is 2.46 bits per heavy atom. The lowest BCUT2D eigenvalue weighted by molar-refractivity contribution is 0.922. The molecule has 1 aromatic heterocycles. The fraction of sp³-hybridized carbons (Fsp3) is 0.222. The summed E-state index contributed by atoms with van der Waals surface area (Å²) in [6.07, 6.45) is 5.07. The minimum atomic E-state index is -0.128. The average Bonchev–Trinajstić information content (AvgIpc) is 2.11. The second-order valence-corrected chi connectivity index (χ2v) is 3.00. The molecule has 0 aliphatic rings. The molecule has 0 aliphatic heterocycles. The van der Waals surface area contributed by atoms with Crippen molar-refractivity contribution < 1.29 is 0 Å². The Balaban J connectivity index is 2.87. The molecule has 0 spiro atoms. The average molecular weight is 199 g/mol. The van der Waals surface area contributed by atoms with Crippen molar-refractivity contribution in [2.75, 3.05) is 13.6 Å². The smallest absolute Gasteiger partial charge is 0.255 e. The molecule has 1 heterocycles. The number of halogens is 1. The molecule has 0 amide bonds. The van der Waals surface area contributed by atoms with E-state index >= 15 is 0 Å². The van der Waals surface area contributed by atoms with Crippen molar-refractivity contribution in [3.8, 4) is 0 Å². The molecule has 70 valence electrons. The summed E-state index contributed by atoms with van der Waals surface area (Å²) in [4.78, 5) is 13.7. The highest BCUT2D eigenvalue weighted by Crippen LogP contribution is 2.05. The van der Waals surface area contributed by atoms with Crippen LogP contribution in [0.3, 0.4) is 0 Å². The van der Waals surface area contributed by atoms with E-state index in [1.807, 2.05) is 13.1 Å². The van der Waals surface area contributed by atoms with Crippen LogP contribution in [0.25, 0.3) is 6.08 Å². The fourth-order valence-electron chi connectivity index (χ4n) is 0.901. The van der Waals surface area contributed by atoms with Gasteiger partial charge in [-0.15, -0.1) is 0 Å². The van der Waals surface area contributed by atoms with Crippen LogP contribution in [-0.4, -0.2) is 18.6 Å². The predicted octanol–water partition coefficient (Wildman–Crippen LogP) is 1.26. The number of H-pyrrole nitrogens is 1. The van der Waals surface area contributed by atoms with Crippen LogP contribution in [0.1, 0.15) is 5.56 Å². The summed E-state index contributed by atoms with van der Waals surface area (Å²) in [6, 6.07) is 1.63. The van der Waals surface area contributed by atoms with E-state index in [2.05, 4.69) is 10.3 Å². The second-order valence-electron chi connectivity index (χ2n) is 2.56. The van der Waals surface area contributed by atoms with Crippen molar-refractivity contribution in [2.24, 2.45) is 0 Å². The van der Waals surface area contributed by atoms with E-state index in [1.54, 1.807) is 12.1 Å². The van der Waals surface area contributed by atoms with Crippen molar-refractivity contribution in [3.05, 3.63) is 39.3 Å². The van der Waals surface area contributed by atoms with Crippen molar-refractivity contribution in [3.63, 3.8) is 0 Å². The maximum absolute atomic E-state index is 11.2. The topological polar surface area (TPSA) is 44.9 Å². The molecule has 2 N–H and O–H groups in total. The Morgan fingerprint density at radius 3 is 3.15 bits per heavy atom. The highest BCUT2D eigenvalue weighted by atomic mass is 35.5. The third kappa shape index (κ3) is 3.05. The van der Waals surface area contributed by atoms with Crippen LogP contribution in [0.2, 0.25) is 5.02 Å². The fourth-order valence-corrected chi connectivity index (χ4v) is 1.07. The number of likely N-dealkylation sites (N-methyl/N-ethyl adjacent to an activating group) is 1. The number of hydrogen-bond acceptors (Lipinski definition) is 2. The second kappa shape index (κ2) is 4.84. The molecule has 0 bridgehead atoms. The molecule has 0 unspecified atom stereocenters. The standard InChI is InChI=1S/C9H11ClN2O/c1-11-4-2-3-7-5-8(10)6-12-9(7)13/h2-3,5-6,11H,4H2,1H3,(H,12,13).